The Morgan fingerprint density at radius 2 is 1.95 bits per heavy atom. The molecule has 1 amide bonds. The van der Waals surface area contributed by atoms with Crippen LogP contribution in [0.5, 0.6) is 0 Å². The molecule has 0 saturated carbocycles. The highest BCUT2D eigenvalue weighted by Gasteiger charge is 2.29. The summed E-state index contributed by atoms with van der Waals surface area (Å²) in [6.07, 6.45) is 0. The van der Waals surface area contributed by atoms with E-state index in [-0.39, 0.29) is 11.9 Å². The smallest absolute Gasteiger partial charge is 0.255 e. The molecule has 21 heavy (non-hydrogen) atoms. The number of carbonyl (C=O) groups is 1. The molecule has 1 atom stereocenters. The van der Waals surface area contributed by atoms with E-state index in [1.54, 1.807) is 0 Å². The third kappa shape index (κ3) is 2.57. The molecule has 5 heteroatoms. The molecule has 3 nitrogen and oxygen atoms in total. The van der Waals surface area contributed by atoms with Gasteiger partial charge in [-0.2, -0.15) is 0 Å². The van der Waals surface area contributed by atoms with Crippen LogP contribution < -0.4 is 0 Å². The van der Waals surface area contributed by atoms with E-state index in [2.05, 4.69) is 62.4 Å². The van der Waals surface area contributed by atoms with Crippen molar-refractivity contribution in [1.29, 1.82) is 0 Å². The first-order valence-corrected chi connectivity index (χ1v) is 8.49. The van der Waals surface area contributed by atoms with Crippen LogP contribution in [0.4, 0.5) is 0 Å². The highest BCUT2D eigenvalue weighted by Crippen LogP contribution is 2.31. The Morgan fingerprint density at radius 1 is 1.19 bits per heavy atom. The number of amides is 1. The van der Waals surface area contributed by atoms with Gasteiger partial charge in [-0.05, 0) is 60.1 Å². The average molecular weight is 412 g/mol. The van der Waals surface area contributed by atoms with Crippen LogP contribution in [0, 0.1) is 6.92 Å². The largest absolute Gasteiger partial charge is 0.345 e. The van der Waals surface area contributed by atoms with Gasteiger partial charge >= 0.3 is 0 Å². The lowest BCUT2D eigenvalue weighted by atomic mass is 10.1. The third-order valence-corrected chi connectivity index (χ3v) is 5.30. The van der Waals surface area contributed by atoms with Gasteiger partial charge in [-0.25, -0.2) is 0 Å². The highest BCUT2D eigenvalue weighted by atomic mass is 79.9. The Bertz CT molecular complexity index is 708. The fraction of sp³-hybridized carbons (Fsp3) is 0.312. The molecule has 1 aromatic heterocycles. The number of carbonyl (C=O) groups excluding carboxylic acids is 1. The number of benzene rings is 1. The van der Waals surface area contributed by atoms with E-state index in [9.17, 15) is 4.79 Å². The zero-order valence-corrected chi connectivity index (χ0v) is 15.1. The lowest BCUT2D eigenvalue weighted by Gasteiger charge is -2.35. The molecule has 0 N–H and O–H groups in total. The van der Waals surface area contributed by atoms with Crippen LogP contribution in [-0.2, 0) is 6.54 Å². The highest BCUT2D eigenvalue weighted by molar-refractivity contribution is 9.11. The Kier molecular flexibility index (Phi) is 3.97. The van der Waals surface area contributed by atoms with Gasteiger partial charge in [0.15, 0.2) is 0 Å². The van der Waals surface area contributed by atoms with Crippen molar-refractivity contribution in [2.24, 2.45) is 0 Å². The molecule has 1 aliphatic heterocycles. The molecule has 1 unspecified atom stereocenters. The van der Waals surface area contributed by atoms with Crippen LogP contribution >= 0.6 is 31.9 Å². The summed E-state index contributed by atoms with van der Waals surface area (Å²) in [4.78, 5) is 14.8. The summed E-state index contributed by atoms with van der Waals surface area (Å²) in [6.45, 7) is 5.80. The van der Waals surface area contributed by atoms with E-state index >= 15 is 0 Å². The minimum atomic E-state index is 0.0702. The summed E-state index contributed by atoms with van der Waals surface area (Å²) in [5, 5.41) is 0. The first-order chi connectivity index (χ1) is 9.99. The van der Waals surface area contributed by atoms with E-state index in [0.717, 1.165) is 22.0 Å². The molecule has 0 radical (unpaired) electrons. The van der Waals surface area contributed by atoms with Crippen LogP contribution in [0.25, 0.3) is 0 Å². The average Bonchev–Trinajstić information content (AvgIpc) is 2.84. The van der Waals surface area contributed by atoms with Crippen molar-refractivity contribution >= 4 is 37.8 Å². The predicted molar refractivity (Wildman–Crippen MR) is 90.5 cm³/mol. The summed E-state index contributed by atoms with van der Waals surface area (Å²) in [5.74, 6) is 0.0702. The normalized spacial score (nSPS) is 17.7. The van der Waals surface area contributed by atoms with Crippen molar-refractivity contribution in [1.82, 2.24) is 9.47 Å². The summed E-state index contributed by atoms with van der Waals surface area (Å²) in [7, 11) is 0. The number of hydrogen-bond donors (Lipinski definition) is 0. The Balaban J connectivity index is 1.95. The van der Waals surface area contributed by atoms with E-state index in [0.29, 0.717) is 5.56 Å². The fourth-order valence-electron chi connectivity index (χ4n) is 2.91. The molecule has 0 spiro atoms. The quantitative estimate of drug-likeness (QED) is 0.676. The first-order valence-electron chi connectivity index (χ1n) is 6.91. The standard InChI is InChI=1S/C16H16Br2N2O/c1-10-3-6-15-11(2)20(8-7-19(10)15)16(21)13-9-12(17)4-5-14(13)18/h3-6,9,11H,7-8H2,1-2H3. The van der Waals surface area contributed by atoms with E-state index in [4.69, 9.17) is 0 Å². The van der Waals surface area contributed by atoms with Gasteiger partial charge in [0.25, 0.3) is 5.91 Å². The number of fused-ring (bicyclic) bond motifs is 1. The zero-order chi connectivity index (χ0) is 15.1. The van der Waals surface area contributed by atoms with Gasteiger partial charge in [-0.1, -0.05) is 15.9 Å². The molecule has 0 bridgehead atoms. The fourth-order valence-corrected chi connectivity index (χ4v) is 3.69. The van der Waals surface area contributed by atoms with Crippen LogP contribution in [0.15, 0.2) is 39.3 Å². The number of halogens is 2. The molecule has 110 valence electrons. The van der Waals surface area contributed by atoms with Crippen molar-refractivity contribution in [3.05, 3.63) is 56.2 Å². The summed E-state index contributed by atoms with van der Waals surface area (Å²) >= 11 is 6.92. The SMILES string of the molecule is Cc1ccc2n1CCN(C(=O)c1cc(Br)ccc1Br)C2C. The summed E-state index contributed by atoms with van der Waals surface area (Å²) < 4.78 is 4.04. The molecule has 2 heterocycles. The molecular formula is C16H16Br2N2O. The zero-order valence-electron chi connectivity index (χ0n) is 11.9. The lowest BCUT2D eigenvalue weighted by Crippen LogP contribution is -2.41. The summed E-state index contributed by atoms with van der Waals surface area (Å²) in [5.41, 5.74) is 3.17. The topological polar surface area (TPSA) is 25.2 Å². The second-order valence-corrected chi connectivity index (χ2v) is 7.12. The predicted octanol–water partition coefficient (Wildman–Crippen LogP) is 4.54. The van der Waals surface area contributed by atoms with Gasteiger partial charge < -0.3 is 9.47 Å². The molecule has 1 aromatic carbocycles. The number of aromatic nitrogens is 1. The third-order valence-electron chi connectivity index (χ3n) is 4.11. The van der Waals surface area contributed by atoms with Crippen molar-refractivity contribution in [3.8, 4) is 0 Å². The second kappa shape index (κ2) is 5.61. The van der Waals surface area contributed by atoms with Crippen molar-refractivity contribution in [2.45, 2.75) is 26.4 Å². The van der Waals surface area contributed by atoms with E-state index in [1.165, 1.54) is 11.4 Å². The van der Waals surface area contributed by atoms with Crippen LogP contribution in [-0.4, -0.2) is 21.9 Å². The monoisotopic (exact) mass is 410 g/mol. The Labute approximate surface area is 141 Å². The lowest BCUT2D eigenvalue weighted by molar-refractivity contribution is 0.0642. The Morgan fingerprint density at radius 3 is 2.71 bits per heavy atom. The van der Waals surface area contributed by atoms with Crippen molar-refractivity contribution < 1.29 is 4.79 Å². The number of aryl methyl sites for hydroxylation is 1. The van der Waals surface area contributed by atoms with Gasteiger partial charge in [0.05, 0.1) is 11.6 Å². The first kappa shape index (κ1) is 14.9. The maximum atomic E-state index is 12.9. The second-order valence-electron chi connectivity index (χ2n) is 5.35. The number of hydrogen-bond acceptors (Lipinski definition) is 1. The molecular weight excluding hydrogens is 396 g/mol. The van der Waals surface area contributed by atoms with E-state index < -0.39 is 0 Å². The van der Waals surface area contributed by atoms with E-state index in [1.807, 2.05) is 23.1 Å². The molecule has 0 fully saturated rings. The van der Waals surface area contributed by atoms with Gasteiger partial charge in [-0.15, -0.1) is 0 Å². The van der Waals surface area contributed by atoms with Gasteiger partial charge in [0.1, 0.15) is 0 Å². The number of nitrogens with zero attached hydrogens (tertiary/aromatic N) is 2. The van der Waals surface area contributed by atoms with Gasteiger partial charge in [0, 0.05) is 33.4 Å². The molecule has 2 aromatic rings. The number of rotatable bonds is 1. The maximum Gasteiger partial charge on any atom is 0.255 e. The van der Waals surface area contributed by atoms with Gasteiger partial charge in [-0.3, -0.25) is 4.79 Å². The van der Waals surface area contributed by atoms with Crippen molar-refractivity contribution in [2.75, 3.05) is 6.54 Å². The van der Waals surface area contributed by atoms with Crippen LogP contribution in [0.1, 0.15) is 34.7 Å². The minimum absolute atomic E-state index is 0.0702. The molecule has 1 aliphatic rings. The van der Waals surface area contributed by atoms with Crippen molar-refractivity contribution in [3.63, 3.8) is 0 Å². The van der Waals surface area contributed by atoms with Crippen LogP contribution in [0.2, 0.25) is 0 Å². The molecule has 0 aliphatic carbocycles. The Hall–Kier alpha value is -1.07. The minimum Gasteiger partial charge on any atom is -0.345 e. The van der Waals surface area contributed by atoms with Gasteiger partial charge in [0.2, 0.25) is 0 Å². The maximum absolute atomic E-state index is 12.9. The molecule has 3 rings (SSSR count). The molecule has 0 saturated heterocycles. The van der Waals surface area contributed by atoms with Crippen LogP contribution in [0.3, 0.4) is 0 Å². The summed E-state index contributed by atoms with van der Waals surface area (Å²) in [6, 6.07) is 10.0.